The molecule has 3 N–H and O–H groups in total. The van der Waals surface area contributed by atoms with Gasteiger partial charge in [0.2, 0.25) is 0 Å². The predicted molar refractivity (Wildman–Crippen MR) is 74.7 cm³/mol. The van der Waals surface area contributed by atoms with Gasteiger partial charge in [0.25, 0.3) is 0 Å². The molecule has 0 aliphatic heterocycles. The molecule has 0 bridgehead atoms. The zero-order valence-electron chi connectivity index (χ0n) is 10.7. The van der Waals surface area contributed by atoms with Gasteiger partial charge in [0.15, 0.2) is 0 Å². The van der Waals surface area contributed by atoms with E-state index in [2.05, 4.69) is 0 Å². The van der Waals surface area contributed by atoms with Crippen LogP contribution in [0.3, 0.4) is 0 Å². The molecule has 1 unspecified atom stereocenters. The number of benzene rings is 1. The molecule has 6 nitrogen and oxygen atoms in total. The number of carboxylic acids is 1. The van der Waals surface area contributed by atoms with Gasteiger partial charge in [-0.05, 0) is 24.1 Å². The van der Waals surface area contributed by atoms with Crippen molar-refractivity contribution in [3.05, 3.63) is 34.2 Å². The van der Waals surface area contributed by atoms with Crippen molar-refractivity contribution in [2.24, 2.45) is 19.8 Å². The molecule has 1 heterocycles. The van der Waals surface area contributed by atoms with E-state index in [-0.39, 0.29) is 24.5 Å². The molecule has 0 amide bonds. The molecule has 1 aromatic carbocycles. The summed E-state index contributed by atoms with van der Waals surface area (Å²) in [7, 11) is 3.39. The highest BCUT2D eigenvalue weighted by Gasteiger charge is 2.14. The summed E-state index contributed by atoms with van der Waals surface area (Å²) in [5, 5.41) is 8.78. The van der Waals surface area contributed by atoms with Gasteiger partial charge in [-0.25, -0.2) is 4.79 Å². The van der Waals surface area contributed by atoms with Gasteiger partial charge in [0.05, 0.1) is 11.0 Å². The lowest BCUT2D eigenvalue weighted by Gasteiger charge is -2.06. The number of carboxylic acid groups (broad SMARTS) is 1. The minimum Gasteiger partial charge on any atom is -0.480 e. The Kier molecular flexibility index (Phi) is 4.39. The van der Waals surface area contributed by atoms with Crippen molar-refractivity contribution in [2.45, 2.75) is 12.5 Å². The molecular weight excluding hydrogens is 270 g/mol. The quantitative estimate of drug-likeness (QED) is 0.846. The van der Waals surface area contributed by atoms with Gasteiger partial charge < -0.3 is 10.8 Å². The minimum absolute atomic E-state index is 0. The standard InChI is InChI=1S/C12H15N3O3.ClH/c1-14-9-4-3-7(5-8(13)11(16)17)6-10(9)15(2)12(14)18;/h3-4,6,8H,5,13H2,1-2H3,(H,16,17);1H. The largest absolute Gasteiger partial charge is 0.480 e. The van der Waals surface area contributed by atoms with Crippen LogP contribution in [0.2, 0.25) is 0 Å². The number of hydrogen-bond donors (Lipinski definition) is 2. The Labute approximate surface area is 115 Å². The van der Waals surface area contributed by atoms with Crippen LogP contribution in [0, 0.1) is 0 Å². The molecule has 19 heavy (non-hydrogen) atoms. The first-order valence-corrected chi connectivity index (χ1v) is 5.54. The Balaban J connectivity index is 0.00000180. The fourth-order valence-electron chi connectivity index (χ4n) is 2.02. The Morgan fingerprint density at radius 1 is 1.32 bits per heavy atom. The van der Waals surface area contributed by atoms with E-state index in [0.29, 0.717) is 0 Å². The zero-order valence-corrected chi connectivity index (χ0v) is 11.5. The van der Waals surface area contributed by atoms with E-state index in [1.54, 1.807) is 36.9 Å². The Morgan fingerprint density at radius 2 is 1.89 bits per heavy atom. The topological polar surface area (TPSA) is 90.3 Å². The molecule has 1 aromatic heterocycles. The Hall–Kier alpha value is -1.79. The summed E-state index contributed by atoms with van der Waals surface area (Å²) in [5.74, 6) is -1.03. The van der Waals surface area contributed by atoms with Crippen molar-refractivity contribution in [1.29, 1.82) is 0 Å². The lowest BCUT2D eigenvalue weighted by Crippen LogP contribution is -2.32. The van der Waals surface area contributed by atoms with Crippen molar-refractivity contribution in [3.63, 3.8) is 0 Å². The molecule has 0 radical (unpaired) electrons. The molecule has 0 spiro atoms. The first-order valence-electron chi connectivity index (χ1n) is 5.54. The fraction of sp³-hybridized carbons (Fsp3) is 0.333. The molecule has 1 atom stereocenters. The average molecular weight is 286 g/mol. The SMILES string of the molecule is Cl.Cn1c(=O)n(C)c2cc(CC(N)C(=O)O)ccc21. The van der Waals surface area contributed by atoms with Crippen LogP contribution in [0.25, 0.3) is 11.0 Å². The lowest BCUT2D eigenvalue weighted by molar-refractivity contribution is -0.138. The third kappa shape index (κ3) is 2.64. The number of imidazole rings is 1. The van der Waals surface area contributed by atoms with E-state index in [4.69, 9.17) is 10.8 Å². The number of aromatic nitrogens is 2. The fourth-order valence-corrected chi connectivity index (χ4v) is 2.02. The number of aliphatic carboxylic acids is 1. The number of fused-ring (bicyclic) bond motifs is 1. The maximum absolute atomic E-state index is 11.7. The molecule has 0 fully saturated rings. The summed E-state index contributed by atoms with van der Waals surface area (Å²) in [6.07, 6.45) is 0.244. The third-order valence-corrected chi connectivity index (χ3v) is 3.11. The number of rotatable bonds is 3. The summed E-state index contributed by atoms with van der Waals surface area (Å²) in [5.41, 5.74) is 7.78. The second kappa shape index (κ2) is 5.46. The van der Waals surface area contributed by atoms with Crippen LogP contribution in [0.5, 0.6) is 0 Å². The maximum Gasteiger partial charge on any atom is 0.328 e. The van der Waals surface area contributed by atoms with Gasteiger partial charge in [-0.1, -0.05) is 6.07 Å². The average Bonchev–Trinajstić information content (AvgIpc) is 2.54. The molecule has 0 aliphatic rings. The van der Waals surface area contributed by atoms with Gasteiger partial charge in [0, 0.05) is 14.1 Å². The van der Waals surface area contributed by atoms with E-state index in [0.717, 1.165) is 16.6 Å². The summed E-state index contributed by atoms with van der Waals surface area (Å²) < 4.78 is 3.08. The van der Waals surface area contributed by atoms with E-state index in [1.165, 1.54) is 4.57 Å². The van der Waals surface area contributed by atoms with E-state index in [1.807, 2.05) is 0 Å². The van der Waals surface area contributed by atoms with Gasteiger partial charge in [-0.3, -0.25) is 13.9 Å². The van der Waals surface area contributed by atoms with Crippen LogP contribution in [-0.4, -0.2) is 26.3 Å². The maximum atomic E-state index is 11.7. The van der Waals surface area contributed by atoms with Gasteiger partial charge in [-0.15, -0.1) is 12.4 Å². The second-order valence-electron chi connectivity index (χ2n) is 4.37. The number of halogens is 1. The number of nitrogens with two attached hydrogens (primary N) is 1. The molecule has 2 aromatic rings. The first kappa shape index (κ1) is 15.3. The summed E-state index contributed by atoms with van der Waals surface area (Å²) >= 11 is 0. The van der Waals surface area contributed by atoms with Crippen molar-refractivity contribution < 1.29 is 9.90 Å². The highest BCUT2D eigenvalue weighted by molar-refractivity contribution is 5.85. The van der Waals surface area contributed by atoms with Crippen molar-refractivity contribution in [2.75, 3.05) is 0 Å². The minimum atomic E-state index is -1.03. The highest BCUT2D eigenvalue weighted by atomic mass is 35.5. The van der Waals surface area contributed by atoms with Crippen molar-refractivity contribution in [1.82, 2.24) is 9.13 Å². The van der Waals surface area contributed by atoms with Crippen molar-refractivity contribution >= 4 is 29.4 Å². The number of carbonyl (C=O) groups is 1. The van der Waals surface area contributed by atoms with E-state index in [9.17, 15) is 9.59 Å². The zero-order chi connectivity index (χ0) is 13.4. The Morgan fingerprint density at radius 3 is 2.47 bits per heavy atom. The predicted octanol–water partition coefficient (Wildman–Crippen LogP) is 0.253. The van der Waals surface area contributed by atoms with Gasteiger partial charge in [0.1, 0.15) is 6.04 Å². The van der Waals surface area contributed by atoms with Crippen LogP contribution in [0.1, 0.15) is 5.56 Å². The third-order valence-electron chi connectivity index (χ3n) is 3.11. The second-order valence-corrected chi connectivity index (χ2v) is 4.37. The summed E-state index contributed by atoms with van der Waals surface area (Å²) in [4.78, 5) is 22.4. The molecule has 0 saturated heterocycles. The smallest absolute Gasteiger partial charge is 0.328 e. The van der Waals surface area contributed by atoms with Crippen LogP contribution in [0.15, 0.2) is 23.0 Å². The number of aryl methyl sites for hydroxylation is 2. The first-order chi connectivity index (χ1) is 8.41. The van der Waals surface area contributed by atoms with Gasteiger partial charge >= 0.3 is 11.7 Å². The highest BCUT2D eigenvalue weighted by Crippen LogP contribution is 2.15. The molecule has 2 rings (SSSR count). The van der Waals surface area contributed by atoms with E-state index < -0.39 is 12.0 Å². The van der Waals surface area contributed by atoms with Crippen LogP contribution < -0.4 is 11.4 Å². The molecule has 104 valence electrons. The van der Waals surface area contributed by atoms with Crippen LogP contribution >= 0.6 is 12.4 Å². The summed E-state index contributed by atoms with van der Waals surface area (Å²) in [6.45, 7) is 0. The number of nitrogens with zero attached hydrogens (tertiary/aromatic N) is 2. The van der Waals surface area contributed by atoms with Crippen molar-refractivity contribution in [3.8, 4) is 0 Å². The van der Waals surface area contributed by atoms with Gasteiger partial charge in [-0.2, -0.15) is 0 Å². The van der Waals surface area contributed by atoms with E-state index >= 15 is 0 Å². The number of hydrogen-bond acceptors (Lipinski definition) is 3. The molecular formula is C12H16ClN3O3. The van der Waals surface area contributed by atoms with Crippen LogP contribution in [0.4, 0.5) is 0 Å². The monoisotopic (exact) mass is 285 g/mol. The Bertz CT molecular complexity index is 675. The molecule has 7 heteroatoms. The summed E-state index contributed by atoms with van der Waals surface area (Å²) in [6, 6.07) is 4.48. The lowest BCUT2D eigenvalue weighted by atomic mass is 10.1. The van der Waals surface area contributed by atoms with Crippen LogP contribution in [-0.2, 0) is 25.3 Å². The normalized spacial score (nSPS) is 12.2. The molecule has 0 saturated carbocycles. The molecule has 0 aliphatic carbocycles.